The van der Waals surface area contributed by atoms with Crippen molar-refractivity contribution in [1.29, 1.82) is 0 Å². The number of anilines is 2. The van der Waals surface area contributed by atoms with Gasteiger partial charge in [-0.1, -0.05) is 18.2 Å². The summed E-state index contributed by atoms with van der Waals surface area (Å²) in [5, 5.41) is 12.0. The lowest BCUT2D eigenvalue weighted by Crippen LogP contribution is -2.47. The number of hydroxylamine groups is 2. The molecule has 3 rings (SSSR count). The number of rotatable bonds is 7. The van der Waals surface area contributed by atoms with Crippen LogP contribution in [-0.2, 0) is 6.42 Å². The van der Waals surface area contributed by atoms with Crippen LogP contribution < -0.4 is 14.6 Å². The molecule has 28 heavy (non-hydrogen) atoms. The zero-order chi connectivity index (χ0) is 20.1. The molecule has 0 spiro atoms. The molecule has 1 aliphatic rings. The molecule has 2 aromatic carbocycles. The van der Waals surface area contributed by atoms with Crippen molar-refractivity contribution < 1.29 is 9.94 Å². The Labute approximate surface area is 168 Å². The van der Waals surface area contributed by atoms with Crippen LogP contribution in [-0.4, -0.2) is 50.4 Å². The van der Waals surface area contributed by atoms with E-state index in [9.17, 15) is 5.11 Å². The normalized spacial score (nSPS) is 14.8. The lowest BCUT2D eigenvalue weighted by molar-refractivity contribution is -0.0619. The van der Waals surface area contributed by atoms with Crippen LogP contribution in [0.1, 0.15) is 17.5 Å². The van der Waals surface area contributed by atoms with E-state index in [2.05, 4.69) is 54.7 Å². The molecule has 2 aromatic rings. The molecule has 0 unspecified atom stereocenters. The minimum atomic E-state index is 0.351. The van der Waals surface area contributed by atoms with Crippen LogP contribution in [0.4, 0.5) is 11.4 Å². The maximum Gasteiger partial charge on any atom is 0.149 e. The van der Waals surface area contributed by atoms with Gasteiger partial charge in [0.1, 0.15) is 11.5 Å². The highest BCUT2D eigenvalue weighted by Gasteiger charge is 2.21. The van der Waals surface area contributed by atoms with Crippen LogP contribution in [0.5, 0.6) is 11.5 Å². The quantitative estimate of drug-likeness (QED) is 0.734. The number of benzene rings is 2. The summed E-state index contributed by atoms with van der Waals surface area (Å²) < 4.78 is 0. The van der Waals surface area contributed by atoms with Crippen molar-refractivity contribution in [3.63, 3.8) is 0 Å². The predicted octanol–water partition coefficient (Wildman–Crippen LogP) is 4.00. The zero-order valence-electron chi connectivity index (χ0n) is 17.2. The highest BCUT2D eigenvalue weighted by atomic mass is 16.7. The highest BCUT2D eigenvalue weighted by molar-refractivity contribution is 5.59. The van der Waals surface area contributed by atoms with Gasteiger partial charge >= 0.3 is 0 Å². The lowest BCUT2D eigenvalue weighted by Gasteiger charge is -2.36. The molecule has 1 heterocycles. The van der Waals surface area contributed by atoms with Crippen molar-refractivity contribution in [1.82, 2.24) is 5.06 Å². The molecule has 1 aliphatic heterocycles. The molecule has 1 saturated heterocycles. The number of allylic oxidation sites excluding steroid dienone is 1. The maximum atomic E-state index is 9.95. The molecule has 0 aliphatic carbocycles. The molecule has 0 atom stereocenters. The lowest BCUT2D eigenvalue weighted by atomic mass is 10.1. The Balaban J connectivity index is 1.63. The average Bonchev–Trinajstić information content (AvgIpc) is 2.69. The third-order valence-corrected chi connectivity index (χ3v) is 5.25. The summed E-state index contributed by atoms with van der Waals surface area (Å²) >= 11 is 0. The second kappa shape index (κ2) is 9.02. The Kier molecular flexibility index (Phi) is 6.47. The molecule has 0 radical (unpaired) electrons. The highest BCUT2D eigenvalue weighted by Crippen LogP contribution is 2.29. The first-order chi connectivity index (χ1) is 13.5. The predicted molar refractivity (Wildman–Crippen MR) is 117 cm³/mol. The molecule has 0 amide bonds. The van der Waals surface area contributed by atoms with E-state index in [0.29, 0.717) is 5.75 Å². The van der Waals surface area contributed by atoms with Crippen LogP contribution in [0, 0.1) is 6.92 Å². The molecular formula is C23H31N3O2. The molecule has 0 aromatic heterocycles. The van der Waals surface area contributed by atoms with Crippen molar-refractivity contribution in [3.8, 4) is 11.5 Å². The van der Waals surface area contributed by atoms with E-state index in [1.807, 2.05) is 24.1 Å². The van der Waals surface area contributed by atoms with Crippen molar-refractivity contribution in [2.45, 2.75) is 19.8 Å². The number of nitrogens with zero attached hydrogens (tertiary/aromatic N) is 3. The van der Waals surface area contributed by atoms with Gasteiger partial charge in [-0.05, 0) is 43.5 Å². The fourth-order valence-corrected chi connectivity index (χ4v) is 3.61. The number of phenolic OH excluding ortho intramolecular Hbond substituents is 1. The van der Waals surface area contributed by atoms with E-state index in [-0.39, 0.29) is 0 Å². The van der Waals surface area contributed by atoms with Crippen molar-refractivity contribution in [2.75, 3.05) is 50.1 Å². The van der Waals surface area contributed by atoms with E-state index in [1.165, 1.54) is 11.3 Å². The van der Waals surface area contributed by atoms with Gasteiger partial charge in [0.15, 0.2) is 0 Å². The van der Waals surface area contributed by atoms with Gasteiger partial charge in [0.2, 0.25) is 0 Å². The Morgan fingerprint density at radius 2 is 1.89 bits per heavy atom. The third-order valence-electron chi connectivity index (χ3n) is 5.25. The van der Waals surface area contributed by atoms with Gasteiger partial charge in [0.25, 0.3) is 0 Å². The molecular weight excluding hydrogens is 350 g/mol. The largest absolute Gasteiger partial charge is 0.508 e. The summed E-state index contributed by atoms with van der Waals surface area (Å²) in [6, 6.07) is 12.0. The van der Waals surface area contributed by atoms with Crippen molar-refractivity contribution in [3.05, 3.63) is 60.2 Å². The van der Waals surface area contributed by atoms with Gasteiger partial charge in [0, 0.05) is 50.2 Å². The Morgan fingerprint density at radius 3 is 2.57 bits per heavy atom. The first-order valence-electron chi connectivity index (χ1n) is 9.87. The van der Waals surface area contributed by atoms with Gasteiger partial charge in [-0.15, -0.1) is 11.6 Å². The monoisotopic (exact) mass is 381 g/mol. The Bertz CT molecular complexity index is 811. The topological polar surface area (TPSA) is 39.2 Å². The van der Waals surface area contributed by atoms with Crippen LogP contribution in [0.25, 0.3) is 0 Å². The number of hydrogen-bond acceptors (Lipinski definition) is 5. The first-order valence-corrected chi connectivity index (χ1v) is 9.87. The number of aryl methyl sites for hydroxylation is 1. The van der Waals surface area contributed by atoms with Crippen LogP contribution in [0.15, 0.2) is 49.1 Å². The maximum absolute atomic E-state index is 9.95. The summed E-state index contributed by atoms with van der Waals surface area (Å²) in [6.45, 7) is 9.13. The Hall–Kier alpha value is -2.66. The standard InChI is InChI=1S/C23H31N3O2/c1-5-6-8-19-11-12-20(17-22(19)24(3)4)28-26-15-13-25(14-16-26)21-9-7-10-23(27)18(21)2/h5,7,9-12,17,27H,1,6,8,13-16H2,2-4H3. The minimum absolute atomic E-state index is 0.351. The average molecular weight is 382 g/mol. The van der Waals surface area contributed by atoms with Crippen LogP contribution >= 0.6 is 0 Å². The van der Waals surface area contributed by atoms with E-state index in [4.69, 9.17) is 4.84 Å². The van der Waals surface area contributed by atoms with Gasteiger partial charge in [-0.3, -0.25) is 0 Å². The van der Waals surface area contributed by atoms with Gasteiger partial charge in [-0.25, -0.2) is 0 Å². The number of hydrogen-bond donors (Lipinski definition) is 1. The second-order valence-corrected chi connectivity index (χ2v) is 7.44. The van der Waals surface area contributed by atoms with Gasteiger partial charge < -0.3 is 19.7 Å². The molecule has 0 bridgehead atoms. The van der Waals surface area contributed by atoms with E-state index in [1.54, 1.807) is 6.07 Å². The zero-order valence-corrected chi connectivity index (χ0v) is 17.2. The summed E-state index contributed by atoms with van der Waals surface area (Å²) in [5.74, 6) is 1.22. The van der Waals surface area contributed by atoms with Crippen molar-refractivity contribution in [2.24, 2.45) is 0 Å². The van der Waals surface area contributed by atoms with Gasteiger partial charge in [0.05, 0.1) is 13.1 Å². The summed E-state index contributed by atoms with van der Waals surface area (Å²) in [4.78, 5) is 10.6. The summed E-state index contributed by atoms with van der Waals surface area (Å²) in [7, 11) is 4.12. The third kappa shape index (κ3) is 4.60. The summed E-state index contributed by atoms with van der Waals surface area (Å²) in [5.41, 5.74) is 4.53. The SMILES string of the molecule is C=CCCc1ccc(ON2CCN(c3cccc(O)c3C)CC2)cc1N(C)C. The smallest absolute Gasteiger partial charge is 0.149 e. The molecule has 5 heteroatoms. The number of piperazine rings is 1. The molecule has 150 valence electrons. The van der Waals surface area contributed by atoms with E-state index >= 15 is 0 Å². The molecule has 0 saturated carbocycles. The fraction of sp³-hybridized carbons (Fsp3) is 0.391. The van der Waals surface area contributed by atoms with E-state index < -0.39 is 0 Å². The summed E-state index contributed by atoms with van der Waals surface area (Å²) in [6.07, 6.45) is 3.91. The molecule has 1 fully saturated rings. The van der Waals surface area contributed by atoms with E-state index in [0.717, 1.165) is 56.0 Å². The van der Waals surface area contributed by atoms with Gasteiger partial charge in [-0.2, -0.15) is 0 Å². The molecule has 1 N–H and O–H groups in total. The Morgan fingerprint density at radius 1 is 1.14 bits per heavy atom. The second-order valence-electron chi connectivity index (χ2n) is 7.44. The number of phenols is 1. The van der Waals surface area contributed by atoms with Crippen molar-refractivity contribution >= 4 is 11.4 Å². The van der Waals surface area contributed by atoms with Crippen LogP contribution in [0.2, 0.25) is 0 Å². The fourth-order valence-electron chi connectivity index (χ4n) is 3.61. The minimum Gasteiger partial charge on any atom is -0.508 e. The number of aromatic hydroxyl groups is 1. The van der Waals surface area contributed by atoms with Crippen LogP contribution in [0.3, 0.4) is 0 Å². The molecule has 5 nitrogen and oxygen atoms in total. The first kappa shape index (κ1) is 20.1.